The first-order valence-electron chi connectivity index (χ1n) is 9.38. The Morgan fingerprint density at radius 2 is 1.59 bits per heavy atom. The van der Waals surface area contributed by atoms with Crippen molar-refractivity contribution in [3.63, 3.8) is 0 Å². The van der Waals surface area contributed by atoms with Gasteiger partial charge in [-0.15, -0.1) is 0 Å². The third-order valence-electron chi connectivity index (χ3n) is 4.62. The van der Waals surface area contributed by atoms with Crippen LogP contribution in [-0.4, -0.2) is 19.1 Å². The molecule has 4 rings (SSSR count). The minimum Gasteiger partial charge on any atom is -0.486 e. The predicted octanol–water partition coefficient (Wildman–Crippen LogP) is 4.52. The molecular weight excluding hydrogens is 369 g/mol. The van der Waals surface area contributed by atoms with Gasteiger partial charge >= 0.3 is 0 Å². The third-order valence-corrected chi connectivity index (χ3v) is 4.62. The number of amides is 1. The Hall–Kier alpha value is -3.60. The van der Waals surface area contributed by atoms with Crippen LogP contribution in [-0.2, 0) is 4.79 Å². The molecule has 0 bridgehead atoms. The zero-order valence-corrected chi connectivity index (χ0v) is 15.7. The monoisotopic (exact) mass is 389 g/mol. The summed E-state index contributed by atoms with van der Waals surface area (Å²) in [4.78, 5) is 12.6. The Kier molecular flexibility index (Phi) is 5.56. The molecule has 1 atom stereocenters. The van der Waals surface area contributed by atoms with Crippen LogP contribution < -0.4 is 14.8 Å². The molecule has 1 unspecified atom stereocenters. The molecule has 3 aromatic rings. The van der Waals surface area contributed by atoms with E-state index in [1.807, 2.05) is 48.5 Å². The molecule has 146 valence electrons. The summed E-state index contributed by atoms with van der Waals surface area (Å²) in [6.45, 7) is 1.05. The second-order valence-electron chi connectivity index (χ2n) is 6.64. The number of hydrogen-bond donors (Lipinski definition) is 1. The molecule has 1 amide bonds. The molecule has 0 saturated carbocycles. The highest BCUT2D eigenvalue weighted by Crippen LogP contribution is 2.31. The van der Waals surface area contributed by atoms with E-state index in [4.69, 9.17) is 9.47 Å². The number of hydrogen-bond acceptors (Lipinski definition) is 3. The van der Waals surface area contributed by atoms with E-state index in [9.17, 15) is 9.18 Å². The molecule has 0 radical (unpaired) electrons. The Morgan fingerprint density at radius 3 is 2.34 bits per heavy atom. The van der Waals surface area contributed by atoms with Gasteiger partial charge in [-0.25, -0.2) is 4.39 Å². The number of carbonyl (C=O) groups excluding carboxylic acids is 1. The number of benzene rings is 3. The average molecular weight is 389 g/mol. The van der Waals surface area contributed by atoms with Crippen molar-refractivity contribution in [1.82, 2.24) is 5.32 Å². The number of rotatable bonds is 5. The van der Waals surface area contributed by atoms with Crippen LogP contribution in [0.5, 0.6) is 11.5 Å². The van der Waals surface area contributed by atoms with Crippen LogP contribution in [0.2, 0.25) is 0 Å². The second kappa shape index (κ2) is 8.61. The smallest absolute Gasteiger partial charge is 0.244 e. The predicted molar refractivity (Wildman–Crippen MR) is 109 cm³/mol. The maximum Gasteiger partial charge on any atom is 0.244 e. The van der Waals surface area contributed by atoms with Crippen LogP contribution in [0.15, 0.2) is 78.9 Å². The first kappa shape index (κ1) is 18.7. The lowest BCUT2D eigenvalue weighted by Crippen LogP contribution is -2.27. The van der Waals surface area contributed by atoms with Crippen molar-refractivity contribution in [3.05, 3.63) is 101 Å². The van der Waals surface area contributed by atoms with E-state index in [0.29, 0.717) is 24.7 Å². The summed E-state index contributed by atoms with van der Waals surface area (Å²) in [5.74, 6) is 0.814. The van der Waals surface area contributed by atoms with Crippen LogP contribution in [0.3, 0.4) is 0 Å². The van der Waals surface area contributed by atoms with Gasteiger partial charge in [0.05, 0.1) is 6.04 Å². The maximum atomic E-state index is 13.3. The summed E-state index contributed by atoms with van der Waals surface area (Å²) >= 11 is 0. The topological polar surface area (TPSA) is 47.6 Å². The number of nitrogens with one attached hydrogen (secondary N) is 1. The average Bonchev–Trinajstić information content (AvgIpc) is 2.77. The van der Waals surface area contributed by atoms with E-state index in [1.54, 1.807) is 18.2 Å². The zero-order chi connectivity index (χ0) is 20.1. The lowest BCUT2D eigenvalue weighted by atomic mass is 9.98. The van der Waals surface area contributed by atoms with Gasteiger partial charge in [0.15, 0.2) is 11.5 Å². The molecule has 0 aliphatic carbocycles. The highest BCUT2D eigenvalue weighted by Gasteiger charge is 2.16. The fourth-order valence-corrected chi connectivity index (χ4v) is 3.19. The van der Waals surface area contributed by atoms with Gasteiger partial charge in [0.1, 0.15) is 19.0 Å². The fraction of sp³-hybridized carbons (Fsp3) is 0.125. The minimum absolute atomic E-state index is 0.252. The van der Waals surface area contributed by atoms with Gasteiger partial charge in [0, 0.05) is 6.08 Å². The van der Waals surface area contributed by atoms with Crippen LogP contribution in [0.4, 0.5) is 4.39 Å². The van der Waals surface area contributed by atoms with Crippen LogP contribution in [0, 0.1) is 5.82 Å². The van der Waals surface area contributed by atoms with Crippen molar-refractivity contribution in [2.75, 3.05) is 13.2 Å². The zero-order valence-electron chi connectivity index (χ0n) is 15.7. The van der Waals surface area contributed by atoms with Crippen molar-refractivity contribution < 1.29 is 18.7 Å². The van der Waals surface area contributed by atoms with Crippen molar-refractivity contribution in [3.8, 4) is 11.5 Å². The first-order valence-corrected chi connectivity index (χ1v) is 9.38. The van der Waals surface area contributed by atoms with E-state index >= 15 is 0 Å². The van der Waals surface area contributed by atoms with Gasteiger partial charge in [0.2, 0.25) is 5.91 Å². The number of ether oxygens (including phenoxy) is 2. The molecule has 0 saturated heterocycles. The van der Waals surface area contributed by atoms with Gasteiger partial charge < -0.3 is 14.8 Å². The van der Waals surface area contributed by atoms with Crippen LogP contribution in [0.25, 0.3) is 6.08 Å². The van der Waals surface area contributed by atoms with E-state index in [2.05, 4.69) is 5.32 Å². The normalized spacial score (nSPS) is 13.8. The maximum absolute atomic E-state index is 13.3. The van der Waals surface area contributed by atoms with Gasteiger partial charge in [-0.1, -0.05) is 48.5 Å². The van der Waals surface area contributed by atoms with E-state index in [-0.39, 0.29) is 17.8 Å². The fourth-order valence-electron chi connectivity index (χ4n) is 3.19. The summed E-state index contributed by atoms with van der Waals surface area (Å²) in [5, 5.41) is 3.00. The second-order valence-corrected chi connectivity index (χ2v) is 6.64. The minimum atomic E-state index is -0.380. The summed E-state index contributed by atoms with van der Waals surface area (Å²) in [5.41, 5.74) is 2.56. The summed E-state index contributed by atoms with van der Waals surface area (Å²) < 4.78 is 24.4. The van der Waals surface area contributed by atoms with E-state index < -0.39 is 0 Å². The number of halogens is 1. The molecule has 1 heterocycles. The van der Waals surface area contributed by atoms with E-state index in [1.165, 1.54) is 18.2 Å². The SMILES string of the molecule is O=C(C=Cc1ccc2c(c1)OCCO2)NC(c1ccccc1)c1ccc(F)cc1. The molecule has 1 N–H and O–H groups in total. The standard InChI is InChI=1S/C24H20FNO3/c25-20-10-8-19(9-11-20)24(18-4-2-1-3-5-18)26-23(27)13-7-17-6-12-21-22(16-17)29-15-14-28-21/h1-13,16,24H,14-15H2,(H,26,27). The molecule has 29 heavy (non-hydrogen) atoms. The molecule has 1 aliphatic heterocycles. The van der Waals surface area contributed by atoms with E-state index in [0.717, 1.165) is 16.7 Å². The summed E-state index contributed by atoms with van der Waals surface area (Å²) in [6, 6.07) is 20.9. The summed E-state index contributed by atoms with van der Waals surface area (Å²) in [7, 11) is 0. The molecule has 3 aromatic carbocycles. The Labute approximate surface area is 168 Å². The molecule has 4 nitrogen and oxygen atoms in total. The van der Waals surface area contributed by atoms with Gasteiger partial charge in [-0.2, -0.15) is 0 Å². The Morgan fingerprint density at radius 1 is 0.897 bits per heavy atom. The molecule has 0 fully saturated rings. The van der Waals surface area contributed by atoms with Crippen LogP contribution >= 0.6 is 0 Å². The quantitative estimate of drug-likeness (QED) is 0.653. The molecular formula is C24H20FNO3. The highest BCUT2D eigenvalue weighted by molar-refractivity contribution is 5.92. The van der Waals surface area contributed by atoms with Crippen molar-refractivity contribution >= 4 is 12.0 Å². The molecule has 1 aliphatic rings. The van der Waals surface area contributed by atoms with Gasteiger partial charge in [-0.3, -0.25) is 4.79 Å². The molecule has 5 heteroatoms. The number of fused-ring (bicyclic) bond motifs is 1. The number of carbonyl (C=O) groups is 1. The lowest BCUT2D eigenvalue weighted by Gasteiger charge is -2.19. The third kappa shape index (κ3) is 4.63. The van der Waals surface area contributed by atoms with Gasteiger partial charge in [-0.05, 0) is 47.0 Å². The van der Waals surface area contributed by atoms with Crippen molar-refractivity contribution in [1.29, 1.82) is 0 Å². The molecule has 0 spiro atoms. The highest BCUT2D eigenvalue weighted by atomic mass is 19.1. The molecule has 0 aromatic heterocycles. The summed E-state index contributed by atoms with van der Waals surface area (Å²) in [6.07, 6.45) is 3.20. The van der Waals surface area contributed by atoms with Gasteiger partial charge in [0.25, 0.3) is 0 Å². The largest absolute Gasteiger partial charge is 0.486 e. The first-order chi connectivity index (χ1) is 14.2. The van der Waals surface area contributed by atoms with Crippen molar-refractivity contribution in [2.24, 2.45) is 0 Å². The Balaban J connectivity index is 1.52. The van der Waals surface area contributed by atoms with Crippen molar-refractivity contribution in [2.45, 2.75) is 6.04 Å². The Bertz CT molecular complexity index is 1020. The van der Waals surface area contributed by atoms with Crippen LogP contribution in [0.1, 0.15) is 22.7 Å². The lowest BCUT2D eigenvalue weighted by molar-refractivity contribution is -0.116.